The number of ether oxygens (including phenoxy) is 2. The molecule has 0 N–H and O–H groups in total. The summed E-state index contributed by atoms with van der Waals surface area (Å²) in [5.41, 5.74) is 16.1. The van der Waals surface area contributed by atoms with Crippen LogP contribution >= 0.6 is 0 Å². The second-order valence-corrected chi connectivity index (χ2v) is 20.6. The minimum absolute atomic E-state index is 0.216. The van der Waals surface area contributed by atoms with E-state index in [1.54, 1.807) is 0 Å². The van der Waals surface area contributed by atoms with E-state index in [0.717, 1.165) is 45.3 Å². The van der Waals surface area contributed by atoms with Crippen molar-refractivity contribution in [2.75, 3.05) is 0 Å². The monoisotopic (exact) mass is 922 g/mol. The predicted molar refractivity (Wildman–Crippen MR) is 301 cm³/mol. The fourth-order valence-electron chi connectivity index (χ4n) is 12.4. The third-order valence-electron chi connectivity index (χ3n) is 16.0. The normalized spacial score (nSPS) is 14.0. The molecule has 0 fully saturated rings. The Morgan fingerprint density at radius 3 is 1.01 bits per heavy atom. The molecule has 0 amide bonds. The molecule has 0 saturated carbocycles. The number of hydrogen-bond donors (Lipinski definition) is 0. The molecule has 14 rings (SSSR count). The van der Waals surface area contributed by atoms with Crippen molar-refractivity contribution < 1.29 is 9.47 Å². The third kappa shape index (κ3) is 6.22. The van der Waals surface area contributed by atoms with Gasteiger partial charge >= 0.3 is 0 Å². The van der Waals surface area contributed by atoms with E-state index in [-0.39, 0.29) is 10.8 Å². The minimum Gasteiger partial charge on any atom is -0.456 e. The van der Waals surface area contributed by atoms with Crippen molar-refractivity contribution in [3.8, 4) is 78.6 Å². The van der Waals surface area contributed by atoms with Gasteiger partial charge in [-0.25, -0.2) is 0 Å². The van der Waals surface area contributed by atoms with Crippen LogP contribution in [0, 0.1) is 0 Å². The SMILES string of the molecule is CC1(C)c2ccccc2Oc2c(-c3ccc(-c4cccc5c(-c6ccccc6)c6cccc(-c7ccc(-c8cccc9c8Oc8ccccc8C9(C)C)c8ccccc78)c6cc45)c4ccccc34)cccc21. The van der Waals surface area contributed by atoms with Crippen molar-refractivity contribution in [1.82, 2.24) is 0 Å². The molecule has 0 aromatic heterocycles. The molecular formula is C70H50O2. The minimum atomic E-state index is -0.216. The molecule has 72 heavy (non-hydrogen) atoms. The van der Waals surface area contributed by atoms with Gasteiger partial charge in [0.05, 0.1) is 0 Å². The molecule has 2 aliphatic rings. The Morgan fingerprint density at radius 1 is 0.250 bits per heavy atom. The lowest BCUT2D eigenvalue weighted by Crippen LogP contribution is -2.24. The Morgan fingerprint density at radius 2 is 0.569 bits per heavy atom. The topological polar surface area (TPSA) is 18.5 Å². The lowest BCUT2D eigenvalue weighted by atomic mass is 9.74. The van der Waals surface area contributed by atoms with Gasteiger partial charge in [-0.15, -0.1) is 0 Å². The average molecular weight is 923 g/mol. The van der Waals surface area contributed by atoms with E-state index in [1.165, 1.54) is 98.7 Å². The Kier molecular flexibility index (Phi) is 9.32. The van der Waals surface area contributed by atoms with Crippen molar-refractivity contribution in [3.05, 3.63) is 253 Å². The van der Waals surface area contributed by atoms with Crippen molar-refractivity contribution in [2.24, 2.45) is 0 Å². The largest absolute Gasteiger partial charge is 0.456 e. The highest BCUT2D eigenvalue weighted by Crippen LogP contribution is 2.55. The van der Waals surface area contributed by atoms with Crippen LogP contribution in [0.2, 0.25) is 0 Å². The maximum atomic E-state index is 6.86. The van der Waals surface area contributed by atoms with Crippen molar-refractivity contribution in [3.63, 3.8) is 0 Å². The molecule has 0 aliphatic carbocycles. The maximum Gasteiger partial charge on any atom is 0.139 e. The first-order chi connectivity index (χ1) is 35.3. The molecule has 342 valence electrons. The van der Waals surface area contributed by atoms with Gasteiger partial charge in [0, 0.05) is 44.2 Å². The van der Waals surface area contributed by atoms with Gasteiger partial charge in [0.2, 0.25) is 0 Å². The zero-order chi connectivity index (χ0) is 48.3. The molecule has 12 aromatic carbocycles. The van der Waals surface area contributed by atoms with E-state index in [9.17, 15) is 0 Å². The van der Waals surface area contributed by atoms with E-state index in [4.69, 9.17) is 9.47 Å². The smallest absolute Gasteiger partial charge is 0.139 e. The van der Waals surface area contributed by atoms with Crippen molar-refractivity contribution in [2.45, 2.75) is 38.5 Å². The molecule has 2 aliphatic heterocycles. The number of benzene rings is 12. The first kappa shape index (κ1) is 42.2. The second kappa shape index (κ2) is 15.9. The van der Waals surface area contributed by atoms with E-state index >= 15 is 0 Å². The van der Waals surface area contributed by atoms with Gasteiger partial charge in [-0.1, -0.05) is 240 Å². The van der Waals surface area contributed by atoms with Gasteiger partial charge in [0.25, 0.3) is 0 Å². The summed E-state index contributed by atoms with van der Waals surface area (Å²) in [6, 6.07) is 84.4. The van der Waals surface area contributed by atoms with E-state index in [1.807, 2.05) is 0 Å². The lowest BCUT2D eigenvalue weighted by Gasteiger charge is -2.35. The van der Waals surface area contributed by atoms with E-state index in [0.29, 0.717) is 0 Å². The second-order valence-electron chi connectivity index (χ2n) is 20.6. The highest BCUT2D eigenvalue weighted by Gasteiger charge is 2.37. The first-order valence-electron chi connectivity index (χ1n) is 25.2. The van der Waals surface area contributed by atoms with Crippen LogP contribution in [0.1, 0.15) is 49.9 Å². The zero-order valence-electron chi connectivity index (χ0n) is 40.8. The van der Waals surface area contributed by atoms with Gasteiger partial charge in [0.15, 0.2) is 0 Å². The van der Waals surface area contributed by atoms with Crippen LogP contribution in [0.3, 0.4) is 0 Å². The summed E-state index contributed by atoms with van der Waals surface area (Å²) < 4.78 is 13.7. The first-order valence-corrected chi connectivity index (χ1v) is 25.2. The number of rotatable bonds is 5. The summed E-state index contributed by atoms with van der Waals surface area (Å²) in [4.78, 5) is 0. The van der Waals surface area contributed by atoms with Crippen LogP contribution in [0.25, 0.3) is 98.7 Å². The van der Waals surface area contributed by atoms with Gasteiger partial charge in [0.1, 0.15) is 23.0 Å². The van der Waals surface area contributed by atoms with Crippen molar-refractivity contribution >= 4 is 43.1 Å². The fourth-order valence-corrected chi connectivity index (χ4v) is 12.4. The molecule has 0 radical (unpaired) electrons. The summed E-state index contributed by atoms with van der Waals surface area (Å²) in [5, 5.41) is 9.65. The maximum absolute atomic E-state index is 6.86. The Bertz CT molecular complexity index is 3960. The van der Waals surface area contributed by atoms with Gasteiger partial charge < -0.3 is 9.47 Å². The van der Waals surface area contributed by atoms with Crippen LogP contribution in [-0.4, -0.2) is 0 Å². The van der Waals surface area contributed by atoms with Crippen molar-refractivity contribution in [1.29, 1.82) is 0 Å². The predicted octanol–water partition coefficient (Wildman–Crippen LogP) is 19.5. The highest BCUT2D eigenvalue weighted by atomic mass is 16.5. The number of para-hydroxylation sites is 4. The van der Waals surface area contributed by atoms with Crippen LogP contribution in [-0.2, 0) is 10.8 Å². The standard InChI is InChI=1S/C70H50O2/c1-69(2)60-32-12-14-36-64(60)71-67-56(30-18-34-62(67)69)52-40-38-50(44-22-8-10-24-46(44)52)48-26-16-28-54-58(48)42-59-49(27-17-29-55(59)66(54)43-20-6-5-7-21-43)51-39-41-53(47-25-11-9-23-45(47)51)57-31-19-35-63-68(57)72-65-37-15-13-33-61(65)70(63,3)4/h5-42H,1-4H3. The lowest BCUT2D eigenvalue weighted by molar-refractivity contribution is 0.419. The molecule has 2 heteroatoms. The van der Waals surface area contributed by atoms with E-state index < -0.39 is 0 Å². The Hall–Kier alpha value is -8.72. The Balaban J connectivity index is 0.974. The zero-order valence-corrected chi connectivity index (χ0v) is 40.8. The molecule has 2 heterocycles. The third-order valence-corrected chi connectivity index (χ3v) is 16.0. The van der Waals surface area contributed by atoms with Gasteiger partial charge in [-0.2, -0.15) is 0 Å². The molecule has 12 aromatic rings. The quantitative estimate of drug-likeness (QED) is 0.160. The molecule has 0 saturated heterocycles. The van der Waals surface area contributed by atoms with E-state index in [2.05, 4.69) is 258 Å². The van der Waals surface area contributed by atoms with Crippen LogP contribution < -0.4 is 9.47 Å². The molecule has 0 unspecified atom stereocenters. The van der Waals surface area contributed by atoms with Crippen LogP contribution in [0.4, 0.5) is 0 Å². The van der Waals surface area contributed by atoms with Gasteiger partial charge in [-0.05, 0) is 106 Å². The summed E-state index contributed by atoms with van der Waals surface area (Å²) in [6.07, 6.45) is 0. The summed E-state index contributed by atoms with van der Waals surface area (Å²) in [5.74, 6) is 3.71. The summed E-state index contributed by atoms with van der Waals surface area (Å²) >= 11 is 0. The highest BCUT2D eigenvalue weighted by molar-refractivity contribution is 6.22. The Labute approximate surface area is 420 Å². The average Bonchev–Trinajstić information content (AvgIpc) is 3.42. The van der Waals surface area contributed by atoms with Gasteiger partial charge in [-0.3, -0.25) is 0 Å². The van der Waals surface area contributed by atoms with Crippen LogP contribution in [0.5, 0.6) is 23.0 Å². The molecular weight excluding hydrogens is 873 g/mol. The molecule has 0 atom stereocenters. The van der Waals surface area contributed by atoms with Crippen LogP contribution in [0.15, 0.2) is 231 Å². The number of fused-ring (bicyclic) bond motifs is 8. The summed E-state index contributed by atoms with van der Waals surface area (Å²) in [6.45, 7) is 9.23. The fraction of sp³-hybridized carbons (Fsp3) is 0.0857. The molecule has 0 spiro atoms. The molecule has 0 bridgehead atoms. The summed E-state index contributed by atoms with van der Waals surface area (Å²) in [7, 11) is 0. The number of hydrogen-bond acceptors (Lipinski definition) is 2. The molecule has 2 nitrogen and oxygen atoms in total.